The van der Waals surface area contributed by atoms with Gasteiger partial charge in [0.2, 0.25) is 0 Å². The predicted octanol–water partition coefficient (Wildman–Crippen LogP) is 5.69. The van der Waals surface area contributed by atoms with E-state index in [1.54, 1.807) is 0 Å². The number of unbranched alkanes of at least 4 members (excludes halogenated alkanes) is 6. The fraction of sp³-hybridized carbons (Fsp3) is 0.647. The lowest BCUT2D eigenvalue weighted by atomic mass is 9.90. The summed E-state index contributed by atoms with van der Waals surface area (Å²) in [4.78, 5) is 0. The maximum absolute atomic E-state index is 10.5. The van der Waals surface area contributed by atoms with Crippen molar-refractivity contribution in [2.75, 3.05) is 0 Å². The maximum Gasteiger partial charge on any atom is 0.0868 e. The van der Waals surface area contributed by atoms with E-state index in [1.165, 1.54) is 38.5 Å². The molecule has 0 aliphatic heterocycles. The molecule has 0 aliphatic carbocycles. The first-order valence-electron chi connectivity index (χ1n) is 7.54. The lowest BCUT2D eigenvalue weighted by Crippen LogP contribution is -2.20. The van der Waals surface area contributed by atoms with Gasteiger partial charge in [-0.3, -0.25) is 0 Å². The average molecular weight is 283 g/mol. The van der Waals surface area contributed by atoms with Crippen molar-refractivity contribution in [2.24, 2.45) is 0 Å². The Bertz CT molecular complexity index is 343. The van der Waals surface area contributed by atoms with E-state index < -0.39 is 5.60 Å². The molecule has 0 radical (unpaired) electrons. The molecule has 0 heterocycles. The van der Waals surface area contributed by atoms with Gasteiger partial charge >= 0.3 is 0 Å². The fourth-order valence-corrected chi connectivity index (χ4v) is 2.51. The van der Waals surface area contributed by atoms with Crippen molar-refractivity contribution in [1.29, 1.82) is 0 Å². The second kappa shape index (κ2) is 8.60. The Morgan fingerprint density at radius 3 is 2.05 bits per heavy atom. The van der Waals surface area contributed by atoms with E-state index >= 15 is 0 Å². The molecule has 0 aliphatic rings. The first kappa shape index (κ1) is 16.5. The molecule has 1 unspecified atom stereocenters. The highest BCUT2D eigenvalue weighted by molar-refractivity contribution is 6.30. The lowest BCUT2D eigenvalue weighted by Gasteiger charge is -2.24. The minimum atomic E-state index is -0.728. The summed E-state index contributed by atoms with van der Waals surface area (Å²) in [7, 11) is 0. The first-order chi connectivity index (χ1) is 9.06. The highest BCUT2D eigenvalue weighted by atomic mass is 35.5. The van der Waals surface area contributed by atoms with Crippen LogP contribution in [-0.2, 0) is 5.60 Å². The summed E-state index contributed by atoms with van der Waals surface area (Å²) >= 11 is 5.87. The van der Waals surface area contributed by atoms with Crippen molar-refractivity contribution >= 4 is 11.6 Å². The third-order valence-corrected chi connectivity index (χ3v) is 3.99. The second-order valence-electron chi connectivity index (χ2n) is 5.65. The summed E-state index contributed by atoms with van der Waals surface area (Å²) in [5.41, 5.74) is 0.233. The topological polar surface area (TPSA) is 20.2 Å². The Hall–Kier alpha value is -0.530. The number of rotatable bonds is 9. The van der Waals surface area contributed by atoms with Gasteiger partial charge in [-0.05, 0) is 31.0 Å². The Balaban J connectivity index is 2.25. The number of aliphatic hydroxyl groups is 1. The molecule has 1 aromatic rings. The SMILES string of the molecule is CCCCCCCCCC(C)(O)c1ccc(Cl)cc1. The second-order valence-corrected chi connectivity index (χ2v) is 6.09. The number of hydrogen-bond acceptors (Lipinski definition) is 1. The van der Waals surface area contributed by atoms with Gasteiger partial charge in [0.1, 0.15) is 0 Å². The number of hydrogen-bond donors (Lipinski definition) is 1. The van der Waals surface area contributed by atoms with Crippen molar-refractivity contribution in [3.8, 4) is 0 Å². The molecule has 1 aromatic carbocycles. The van der Waals surface area contributed by atoms with Gasteiger partial charge in [0, 0.05) is 5.02 Å². The van der Waals surface area contributed by atoms with Crippen LogP contribution in [0.5, 0.6) is 0 Å². The molecule has 0 amide bonds. The third kappa shape index (κ3) is 6.44. The van der Waals surface area contributed by atoms with Crippen LogP contribution in [0, 0.1) is 0 Å². The van der Waals surface area contributed by atoms with Crippen LogP contribution in [0.15, 0.2) is 24.3 Å². The van der Waals surface area contributed by atoms with Crippen LogP contribution in [0.1, 0.15) is 70.8 Å². The maximum atomic E-state index is 10.5. The molecule has 0 spiro atoms. The smallest absolute Gasteiger partial charge is 0.0868 e. The molecule has 0 saturated heterocycles. The van der Waals surface area contributed by atoms with E-state index in [-0.39, 0.29) is 0 Å². The van der Waals surface area contributed by atoms with E-state index in [4.69, 9.17) is 11.6 Å². The minimum absolute atomic E-state index is 0.718. The molecule has 19 heavy (non-hydrogen) atoms. The van der Waals surface area contributed by atoms with Crippen molar-refractivity contribution in [1.82, 2.24) is 0 Å². The largest absolute Gasteiger partial charge is 0.385 e. The summed E-state index contributed by atoms with van der Waals surface area (Å²) < 4.78 is 0. The summed E-state index contributed by atoms with van der Waals surface area (Å²) in [6, 6.07) is 7.53. The van der Waals surface area contributed by atoms with Gasteiger partial charge in [-0.1, -0.05) is 75.6 Å². The van der Waals surface area contributed by atoms with Crippen LogP contribution in [0.3, 0.4) is 0 Å². The average Bonchev–Trinajstić information content (AvgIpc) is 2.38. The van der Waals surface area contributed by atoms with E-state index in [9.17, 15) is 5.11 Å². The molecule has 0 saturated carbocycles. The zero-order valence-corrected chi connectivity index (χ0v) is 13.0. The quantitative estimate of drug-likeness (QED) is 0.577. The van der Waals surface area contributed by atoms with Gasteiger partial charge in [-0.15, -0.1) is 0 Å². The predicted molar refractivity (Wildman–Crippen MR) is 83.6 cm³/mol. The molecular weight excluding hydrogens is 256 g/mol. The zero-order chi connectivity index (χ0) is 14.1. The van der Waals surface area contributed by atoms with Gasteiger partial charge in [0.15, 0.2) is 0 Å². The summed E-state index contributed by atoms with van der Waals surface area (Å²) in [6.07, 6.45) is 9.74. The van der Waals surface area contributed by atoms with E-state index in [1.807, 2.05) is 31.2 Å². The monoisotopic (exact) mass is 282 g/mol. The van der Waals surface area contributed by atoms with E-state index in [0.717, 1.165) is 23.4 Å². The van der Waals surface area contributed by atoms with Crippen LogP contribution >= 0.6 is 11.6 Å². The Morgan fingerprint density at radius 1 is 0.947 bits per heavy atom. The fourth-order valence-electron chi connectivity index (χ4n) is 2.38. The molecule has 1 nitrogen and oxygen atoms in total. The van der Waals surface area contributed by atoms with Gasteiger partial charge in [-0.25, -0.2) is 0 Å². The third-order valence-electron chi connectivity index (χ3n) is 3.73. The zero-order valence-electron chi connectivity index (χ0n) is 12.3. The Labute approximate surface area is 123 Å². The highest BCUT2D eigenvalue weighted by Gasteiger charge is 2.21. The van der Waals surface area contributed by atoms with Crippen LogP contribution in [0.2, 0.25) is 5.02 Å². The van der Waals surface area contributed by atoms with Crippen molar-refractivity contribution in [3.63, 3.8) is 0 Å². The lowest BCUT2D eigenvalue weighted by molar-refractivity contribution is 0.0448. The van der Waals surface area contributed by atoms with Crippen molar-refractivity contribution in [3.05, 3.63) is 34.9 Å². The highest BCUT2D eigenvalue weighted by Crippen LogP contribution is 2.28. The Kier molecular flexibility index (Phi) is 7.48. The van der Waals surface area contributed by atoms with Gasteiger partial charge in [0.25, 0.3) is 0 Å². The molecule has 2 heteroatoms. The van der Waals surface area contributed by atoms with Crippen molar-refractivity contribution in [2.45, 2.75) is 70.8 Å². The normalized spacial score (nSPS) is 14.3. The van der Waals surface area contributed by atoms with Crippen LogP contribution in [0.4, 0.5) is 0 Å². The Morgan fingerprint density at radius 2 is 1.47 bits per heavy atom. The molecule has 0 fully saturated rings. The molecule has 0 bridgehead atoms. The van der Waals surface area contributed by atoms with Crippen molar-refractivity contribution < 1.29 is 5.11 Å². The molecule has 0 aromatic heterocycles. The minimum Gasteiger partial charge on any atom is -0.385 e. The summed E-state index contributed by atoms with van der Waals surface area (Å²) in [6.45, 7) is 4.14. The van der Waals surface area contributed by atoms with Gasteiger partial charge in [0.05, 0.1) is 5.60 Å². The number of halogens is 1. The molecular formula is C17H27ClO. The molecule has 1 N–H and O–H groups in total. The number of benzene rings is 1. The van der Waals surface area contributed by atoms with E-state index in [2.05, 4.69) is 6.92 Å². The van der Waals surface area contributed by atoms with Gasteiger partial charge in [-0.2, -0.15) is 0 Å². The molecule has 1 rings (SSSR count). The first-order valence-corrected chi connectivity index (χ1v) is 7.92. The van der Waals surface area contributed by atoms with Crippen LogP contribution in [0.25, 0.3) is 0 Å². The molecule has 108 valence electrons. The summed E-state index contributed by atoms with van der Waals surface area (Å²) in [5, 5.41) is 11.2. The molecule has 1 atom stereocenters. The van der Waals surface area contributed by atoms with E-state index in [0.29, 0.717) is 0 Å². The standard InChI is InChI=1S/C17H27ClO/c1-3-4-5-6-7-8-9-14-17(2,19)15-10-12-16(18)13-11-15/h10-13,19H,3-9,14H2,1-2H3. The van der Waals surface area contributed by atoms with Crippen LogP contribution in [-0.4, -0.2) is 5.11 Å². The van der Waals surface area contributed by atoms with Crippen LogP contribution < -0.4 is 0 Å². The van der Waals surface area contributed by atoms with Gasteiger partial charge < -0.3 is 5.11 Å². The summed E-state index contributed by atoms with van der Waals surface area (Å²) in [5.74, 6) is 0.